The number of benzene rings is 2. The van der Waals surface area contributed by atoms with E-state index in [0.717, 1.165) is 5.56 Å². The molecule has 0 saturated heterocycles. The molecule has 0 spiro atoms. The third kappa shape index (κ3) is 5.00. The molecule has 0 atom stereocenters. The first-order chi connectivity index (χ1) is 14.0. The van der Waals surface area contributed by atoms with E-state index in [0.29, 0.717) is 42.3 Å². The van der Waals surface area contributed by atoms with Crippen LogP contribution in [0.1, 0.15) is 40.1 Å². The van der Waals surface area contributed by atoms with Crippen molar-refractivity contribution in [2.75, 3.05) is 26.4 Å². The Morgan fingerprint density at radius 2 is 1.72 bits per heavy atom. The number of ether oxygens (including phenoxy) is 3. The van der Waals surface area contributed by atoms with Crippen molar-refractivity contribution in [2.24, 2.45) is 0 Å². The predicted molar refractivity (Wildman–Crippen MR) is 105 cm³/mol. The Morgan fingerprint density at radius 3 is 2.48 bits per heavy atom. The van der Waals surface area contributed by atoms with Crippen molar-refractivity contribution in [1.82, 2.24) is 4.90 Å². The fraction of sp³-hybridized carbons (Fsp3) is 0.318. The van der Waals surface area contributed by atoms with E-state index in [4.69, 9.17) is 14.2 Å². The van der Waals surface area contributed by atoms with Gasteiger partial charge in [-0.05, 0) is 43.2 Å². The molecule has 7 heteroatoms. The third-order valence-corrected chi connectivity index (χ3v) is 4.43. The average molecular weight is 397 g/mol. The quantitative estimate of drug-likeness (QED) is 0.280. The molecular formula is C22H23NO6. The monoisotopic (exact) mass is 397 g/mol. The van der Waals surface area contributed by atoms with Crippen LogP contribution in [0.3, 0.4) is 0 Å². The molecule has 2 aromatic rings. The molecule has 152 valence electrons. The molecule has 1 aliphatic heterocycles. The first-order valence-electron chi connectivity index (χ1n) is 9.47. The van der Waals surface area contributed by atoms with Crippen molar-refractivity contribution in [3.8, 4) is 11.5 Å². The maximum atomic E-state index is 12.7. The number of hydrogen-bond acceptors (Lipinski definition) is 6. The molecule has 0 saturated carbocycles. The van der Waals surface area contributed by atoms with Crippen LogP contribution < -0.4 is 9.47 Å². The van der Waals surface area contributed by atoms with Crippen LogP contribution in [0.2, 0.25) is 0 Å². The summed E-state index contributed by atoms with van der Waals surface area (Å²) in [6.45, 7) is 4.71. The highest BCUT2D eigenvalue weighted by atomic mass is 16.5. The summed E-state index contributed by atoms with van der Waals surface area (Å²) in [6, 6.07) is 11.9. The summed E-state index contributed by atoms with van der Waals surface area (Å²) in [5, 5.41) is 0. The smallest absolute Gasteiger partial charge is 0.308 e. The Balaban J connectivity index is 1.60. The molecule has 7 nitrogen and oxygen atoms in total. The van der Waals surface area contributed by atoms with Crippen LogP contribution in [0.5, 0.6) is 11.5 Å². The van der Waals surface area contributed by atoms with E-state index >= 15 is 0 Å². The molecule has 0 bridgehead atoms. The minimum Gasteiger partial charge on any atom is -0.492 e. The summed E-state index contributed by atoms with van der Waals surface area (Å²) in [6.07, 6.45) is 0.685. The highest BCUT2D eigenvalue weighted by molar-refractivity contribution is 6.21. The maximum absolute atomic E-state index is 12.7. The zero-order chi connectivity index (χ0) is 20.8. The molecular weight excluding hydrogens is 374 g/mol. The number of hydrogen-bond donors (Lipinski definition) is 0. The molecule has 0 radical (unpaired) electrons. The SMILES string of the molecule is CCOCCc1ccc2c(c1)C(=O)N(CCOc1cccc(OC(C)=O)c1)C2=O. The number of carbonyl (C=O) groups is 3. The van der Waals surface area contributed by atoms with Gasteiger partial charge < -0.3 is 14.2 Å². The minimum absolute atomic E-state index is 0.123. The van der Waals surface area contributed by atoms with Gasteiger partial charge in [0.15, 0.2) is 0 Å². The van der Waals surface area contributed by atoms with Crippen molar-refractivity contribution in [3.05, 3.63) is 59.2 Å². The van der Waals surface area contributed by atoms with Gasteiger partial charge in [-0.2, -0.15) is 0 Å². The fourth-order valence-corrected chi connectivity index (χ4v) is 3.08. The fourth-order valence-electron chi connectivity index (χ4n) is 3.08. The standard InChI is InChI=1S/C22H23NO6/c1-3-27-11-9-16-7-8-19-20(13-16)22(26)23(21(19)25)10-12-28-17-5-4-6-18(14-17)29-15(2)24/h4-8,13-14H,3,9-12H2,1-2H3. The molecule has 0 N–H and O–H groups in total. The van der Waals surface area contributed by atoms with E-state index in [1.165, 1.54) is 11.8 Å². The molecule has 2 amide bonds. The first kappa shape index (κ1) is 20.5. The number of esters is 1. The summed E-state index contributed by atoms with van der Waals surface area (Å²) >= 11 is 0. The van der Waals surface area contributed by atoms with Gasteiger partial charge in [0.25, 0.3) is 11.8 Å². The van der Waals surface area contributed by atoms with Gasteiger partial charge in [-0.1, -0.05) is 12.1 Å². The first-order valence-corrected chi connectivity index (χ1v) is 9.47. The maximum Gasteiger partial charge on any atom is 0.308 e. The molecule has 3 rings (SSSR count). The van der Waals surface area contributed by atoms with Gasteiger partial charge in [0.05, 0.1) is 24.3 Å². The number of rotatable bonds is 9. The van der Waals surface area contributed by atoms with Crippen LogP contribution in [0.4, 0.5) is 0 Å². The van der Waals surface area contributed by atoms with E-state index in [1.54, 1.807) is 36.4 Å². The molecule has 0 unspecified atom stereocenters. The second-order valence-electron chi connectivity index (χ2n) is 6.51. The van der Waals surface area contributed by atoms with Crippen LogP contribution in [0, 0.1) is 0 Å². The van der Waals surface area contributed by atoms with Gasteiger partial charge in [-0.3, -0.25) is 19.3 Å². The Morgan fingerprint density at radius 1 is 0.966 bits per heavy atom. The van der Waals surface area contributed by atoms with Crippen LogP contribution in [-0.4, -0.2) is 49.0 Å². The van der Waals surface area contributed by atoms with Gasteiger partial charge in [0.1, 0.15) is 18.1 Å². The predicted octanol–water partition coefficient (Wildman–Crippen LogP) is 2.87. The lowest BCUT2D eigenvalue weighted by Crippen LogP contribution is -2.33. The largest absolute Gasteiger partial charge is 0.492 e. The van der Waals surface area contributed by atoms with Gasteiger partial charge in [-0.25, -0.2) is 0 Å². The van der Waals surface area contributed by atoms with Crippen molar-refractivity contribution in [1.29, 1.82) is 0 Å². The molecule has 1 heterocycles. The lowest BCUT2D eigenvalue weighted by molar-refractivity contribution is -0.131. The molecule has 29 heavy (non-hydrogen) atoms. The van der Waals surface area contributed by atoms with Crippen molar-refractivity contribution < 1.29 is 28.6 Å². The molecule has 0 fully saturated rings. The number of carbonyl (C=O) groups excluding carboxylic acids is 3. The van der Waals surface area contributed by atoms with E-state index in [2.05, 4.69) is 0 Å². The molecule has 0 aliphatic carbocycles. The Hall–Kier alpha value is -3.19. The summed E-state index contributed by atoms with van der Waals surface area (Å²) in [7, 11) is 0. The molecule has 0 aromatic heterocycles. The summed E-state index contributed by atoms with van der Waals surface area (Å²) in [5.74, 6) is -0.207. The van der Waals surface area contributed by atoms with E-state index in [1.807, 2.05) is 13.0 Å². The van der Waals surface area contributed by atoms with Crippen LogP contribution >= 0.6 is 0 Å². The van der Waals surface area contributed by atoms with Gasteiger partial charge in [-0.15, -0.1) is 0 Å². The number of nitrogens with zero attached hydrogens (tertiary/aromatic N) is 1. The number of imide groups is 1. The second-order valence-corrected chi connectivity index (χ2v) is 6.51. The summed E-state index contributed by atoms with van der Waals surface area (Å²) in [5.41, 5.74) is 1.78. The van der Waals surface area contributed by atoms with E-state index in [-0.39, 0.29) is 25.0 Å². The number of amides is 2. The molecule has 1 aliphatic rings. The zero-order valence-electron chi connectivity index (χ0n) is 16.5. The Bertz CT molecular complexity index is 923. The lowest BCUT2D eigenvalue weighted by atomic mass is 10.0. The van der Waals surface area contributed by atoms with Crippen LogP contribution in [-0.2, 0) is 16.0 Å². The van der Waals surface area contributed by atoms with E-state index in [9.17, 15) is 14.4 Å². The van der Waals surface area contributed by atoms with Gasteiger partial charge in [0.2, 0.25) is 0 Å². The molecule has 2 aromatic carbocycles. The topological polar surface area (TPSA) is 82.1 Å². The summed E-state index contributed by atoms with van der Waals surface area (Å²) in [4.78, 5) is 37.5. The highest BCUT2D eigenvalue weighted by Gasteiger charge is 2.35. The second kappa shape index (κ2) is 9.34. The third-order valence-electron chi connectivity index (χ3n) is 4.43. The highest BCUT2D eigenvalue weighted by Crippen LogP contribution is 2.25. The Labute approximate surface area is 169 Å². The summed E-state index contributed by atoms with van der Waals surface area (Å²) < 4.78 is 16.0. The van der Waals surface area contributed by atoms with Crippen LogP contribution in [0.15, 0.2) is 42.5 Å². The van der Waals surface area contributed by atoms with Crippen LogP contribution in [0.25, 0.3) is 0 Å². The van der Waals surface area contributed by atoms with Gasteiger partial charge in [0, 0.05) is 19.6 Å². The average Bonchev–Trinajstić information content (AvgIpc) is 2.92. The number of fused-ring (bicyclic) bond motifs is 1. The lowest BCUT2D eigenvalue weighted by Gasteiger charge is -2.14. The minimum atomic E-state index is -0.422. The van der Waals surface area contributed by atoms with Crippen molar-refractivity contribution in [2.45, 2.75) is 20.3 Å². The zero-order valence-corrected chi connectivity index (χ0v) is 16.5. The van der Waals surface area contributed by atoms with Gasteiger partial charge >= 0.3 is 5.97 Å². The van der Waals surface area contributed by atoms with E-state index < -0.39 is 5.97 Å². The van der Waals surface area contributed by atoms with Crippen molar-refractivity contribution >= 4 is 17.8 Å². The Kier molecular flexibility index (Phi) is 6.61. The normalized spacial score (nSPS) is 12.8. The van der Waals surface area contributed by atoms with Crippen molar-refractivity contribution in [3.63, 3.8) is 0 Å².